The Balaban J connectivity index is 2.58. The fourth-order valence-corrected chi connectivity index (χ4v) is 1.56. The van der Waals surface area contributed by atoms with Crippen LogP contribution < -0.4 is 10.1 Å². The lowest BCUT2D eigenvalue weighted by atomic mass is 10.1. The molecule has 1 N–H and O–H groups in total. The van der Waals surface area contributed by atoms with E-state index in [0.717, 1.165) is 18.7 Å². The van der Waals surface area contributed by atoms with Gasteiger partial charge in [-0.15, -0.1) is 0 Å². The van der Waals surface area contributed by atoms with E-state index < -0.39 is 0 Å². The van der Waals surface area contributed by atoms with Gasteiger partial charge in [0.15, 0.2) is 0 Å². The van der Waals surface area contributed by atoms with Gasteiger partial charge in [-0.25, -0.2) is 0 Å². The van der Waals surface area contributed by atoms with Crippen molar-refractivity contribution in [1.29, 1.82) is 5.26 Å². The predicted octanol–water partition coefficient (Wildman–Crippen LogP) is 2.70. The van der Waals surface area contributed by atoms with E-state index in [2.05, 4.69) is 25.2 Å². The Morgan fingerprint density at radius 1 is 1.47 bits per heavy atom. The number of hydrogen-bond donors (Lipinski definition) is 1. The van der Waals surface area contributed by atoms with Crippen molar-refractivity contribution >= 4 is 0 Å². The molecule has 1 atom stereocenters. The molecule has 17 heavy (non-hydrogen) atoms. The number of hydrogen-bond acceptors (Lipinski definition) is 3. The molecule has 3 nitrogen and oxygen atoms in total. The minimum atomic E-state index is 0.593. The molecule has 0 spiro atoms. The van der Waals surface area contributed by atoms with Gasteiger partial charge in [-0.3, -0.25) is 0 Å². The Bertz CT molecular complexity index is 396. The summed E-state index contributed by atoms with van der Waals surface area (Å²) in [6, 6.07) is 7.86. The van der Waals surface area contributed by atoms with Crippen molar-refractivity contribution in [2.24, 2.45) is 5.92 Å². The normalized spacial score (nSPS) is 11.9. The SMILES string of the molecule is CCC(C)CNCc1ccc(OC)c(C#N)c1. The number of ether oxygens (including phenoxy) is 1. The van der Waals surface area contributed by atoms with Crippen molar-refractivity contribution in [1.82, 2.24) is 5.32 Å². The first kappa shape index (κ1) is 13.5. The molecule has 0 saturated heterocycles. The largest absolute Gasteiger partial charge is 0.495 e. The minimum Gasteiger partial charge on any atom is -0.495 e. The summed E-state index contributed by atoms with van der Waals surface area (Å²) in [6.07, 6.45) is 1.18. The molecule has 0 aliphatic heterocycles. The second-order valence-corrected chi connectivity index (χ2v) is 4.29. The zero-order chi connectivity index (χ0) is 12.7. The lowest BCUT2D eigenvalue weighted by Gasteiger charge is -2.11. The van der Waals surface area contributed by atoms with E-state index in [9.17, 15) is 0 Å². The van der Waals surface area contributed by atoms with E-state index in [1.807, 2.05) is 18.2 Å². The smallest absolute Gasteiger partial charge is 0.136 e. The molecule has 92 valence electrons. The summed E-state index contributed by atoms with van der Waals surface area (Å²) < 4.78 is 5.11. The maximum Gasteiger partial charge on any atom is 0.136 e. The number of nitrogens with one attached hydrogen (secondary N) is 1. The standard InChI is InChI=1S/C14H20N2O/c1-4-11(2)9-16-10-12-5-6-14(17-3)13(7-12)8-15/h5-7,11,16H,4,9-10H2,1-3H3. The molecule has 3 heteroatoms. The molecule has 0 aliphatic carbocycles. The van der Waals surface area contributed by atoms with Gasteiger partial charge >= 0.3 is 0 Å². The average molecular weight is 232 g/mol. The molecular weight excluding hydrogens is 212 g/mol. The van der Waals surface area contributed by atoms with Gasteiger partial charge in [0, 0.05) is 6.54 Å². The van der Waals surface area contributed by atoms with Gasteiger partial charge in [0.2, 0.25) is 0 Å². The van der Waals surface area contributed by atoms with E-state index in [1.54, 1.807) is 7.11 Å². The van der Waals surface area contributed by atoms with E-state index in [1.165, 1.54) is 6.42 Å². The molecule has 0 radical (unpaired) electrons. The first-order valence-electron chi connectivity index (χ1n) is 5.99. The summed E-state index contributed by atoms with van der Waals surface area (Å²) in [7, 11) is 1.58. The van der Waals surface area contributed by atoms with Crippen LogP contribution in [0.1, 0.15) is 31.4 Å². The Labute approximate surface area is 103 Å². The highest BCUT2D eigenvalue weighted by Crippen LogP contribution is 2.18. The number of nitriles is 1. The topological polar surface area (TPSA) is 45.0 Å². The van der Waals surface area contributed by atoms with Gasteiger partial charge in [-0.2, -0.15) is 5.26 Å². The van der Waals surface area contributed by atoms with Crippen LogP contribution in [0.3, 0.4) is 0 Å². The van der Waals surface area contributed by atoms with Gasteiger partial charge in [-0.05, 0) is 30.2 Å². The highest BCUT2D eigenvalue weighted by atomic mass is 16.5. The molecule has 1 aromatic rings. The maximum atomic E-state index is 8.98. The summed E-state index contributed by atoms with van der Waals surface area (Å²) >= 11 is 0. The average Bonchev–Trinajstić information content (AvgIpc) is 2.38. The van der Waals surface area contributed by atoms with Crippen molar-refractivity contribution in [3.8, 4) is 11.8 Å². The van der Waals surface area contributed by atoms with E-state index >= 15 is 0 Å². The summed E-state index contributed by atoms with van der Waals surface area (Å²) in [4.78, 5) is 0. The third kappa shape index (κ3) is 4.08. The molecule has 0 amide bonds. The molecule has 0 aliphatic rings. The van der Waals surface area contributed by atoms with Crippen LogP contribution in [0.5, 0.6) is 5.75 Å². The number of nitrogens with zero attached hydrogens (tertiary/aromatic N) is 1. The molecular formula is C14H20N2O. The van der Waals surface area contributed by atoms with Crippen molar-refractivity contribution in [2.75, 3.05) is 13.7 Å². The second-order valence-electron chi connectivity index (χ2n) is 4.29. The van der Waals surface area contributed by atoms with Crippen LogP contribution in [0, 0.1) is 17.2 Å². The third-order valence-corrected chi connectivity index (χ3v) is 2.90. The van der Waals surface area contributed by atoms with Crippen molar-refractivity contribution in [3.05, 3.63) is 29.3 Å². The fraction of sp³-hybridized carbons (Fsp3) is 0.500. The summed E-state index contributed by atoms with van der Waals surface area (Å²) in [5.74, 6) is 1.32. The van der Waals surface area contributed by atoms with Crippen LogP contribution >= 0.6 is 0 Å². The van der Waals surface area contributed by atoms with Crippen molar-refractivity contribution in [2.45, 2.75) is 26.8 Å². The molecule has 1 unspecified atom stereocenters. The predicted molar refractivity (Wildman–Crippen MR) is 68.9 cm³/mol. The lowest BCUT2D eigenvalue weighted by Crippen LogP contribution is -2.20. The zero-order valence-corrected chi connectivity index (χ0v) is 10.8. The molecule has 0 heterocycles. The van der Waals surface area contributed by atoms with E-state index in [0.29, 0.717) is 17.2 Å². The lowest BCUT2D eigenvalue weighted by molar-refractivity contribution is 0.413. The second kappa shape index (κ2) is 6.93. The van der Waals surface area contributed by atoms with Crippen LogP contribution in [-0.2, 0) is 6.54 Å². The summed E-state index contributed by atoms with van der Waals surface area (Å²) in [5, 5.41) is 12.4. The highest BCUT2D eigenvalue weighted by Gasteiger charge is 2.04. The molecule has 0 aromatic heterocycles. The first-order chi connectivity index (χ1) is 8.21. The third-order valence-electron chi connectivity index (χ3n) is 2.90. The highest BCUT2D eigenvalue weighted by molar-refractivity contribution is 5.45. The Morgan fingerprint density at radius 3 is 2.82 bits per heavy atom. The molecule has 1 aromatic carbocycles. The van der Waals surface area contributed by atoms with Gasteiger partial charge in [0.1, 0.15) is 11.8 Å². The Hall–Kier alpha value is -1.53. The van der Waals surface area contributed by atoms with Crippen molar-refractivity contribution < 1.29 is 4.74 Å². The van der Waals surface area contributed by atoms with E-state index in [4.69, 9.17) is 10.00 Å². The number of benzene rings is 1. The van der Waals surface area contributed by atoms with Crippen LogP contribution in [0.15, 0.2) is 18.2 Å². The number of methoxy groups -OCH3 is 1. The van der Waals surface area contributed by atoms with Gasteiger partial charge in [0.25, 0.3) is 0 Å². The molecule has 1 rings (SSSR count). The van der Waals surface area contributed by atoms with Crippen LogP contribution in [0.2, 0.25) is 0 Å². The zero-order valence-electron chi connectivity index (χ0n) is 10.8. The van der Waals surface area contributed by atoms with Crippen LogP contribution in [-0.4, -0.2) is 13.7 Å². The first-order valence-corrected chi connectivity index (χ1v) is 5.99. The van der Waals surface area contributed by atoms with Gasteiger partial charge in [0.05, 0.1) is 12.7 Å². The molecule has 0 saturated carbocycles. The monoisotopic (exact) mass is 232 g/mol. The van der Waals surface area contributed by atoms with Crippen molar-refractivity contribution in [3.63, 3.8) is 0 Å². The summed E-state index contributed by atoms with van der Waals surface area (Å²) in [6.45, 7) is 6.21. The quantitative estimate of drug-likeness (QED) is 0.820. The Morgan fingerprint density at radius 2 is 2.24 bits per heavy atom. The summed E-state index contributed by atoms with van der Waals surface area (Å²) in [5.41, 5.74) is 1.71. The minimum absolute atomic E-state index is 0.593. The maximum absolute atomic E-state index is 8.98. The van der Waals surface area contributed by atoms with Gasteiger partial charge < -0.3 is 10.1 Å². The van der Waals surface area contributed by atoms with Crippen LogP contribution in [0.4, 0.5) is 0 Å². The van der Waals surface area contributed by atoms with Gasteiger partial charge in [-0.1, -0.05) is 26.3 Å². The Kier molecular flexibility index (Phi) is 5.51. The van der Waals surface area contributed by atoms with E-state index in [-0.39, 0.29) is 0 Å². The molecule has 0 bridgehead atoms. The number of rotatable bonds is 6. The molecule has 0 fully saturated rings. The van der Waals surface area contributed by atoms with Crippen LogP contribution in [0.25, 0.3) is 0 Å². The fourth-order valence-electron chi connectivity index (χ4n) is 1.56.